The van der Waals surface area contributed by atoms with Crippen molar-refractivity contribution in [3.8, 4) is 0 Å². The molecule has 0 atom stereocenters. The van der Waals surface area contributed by atoms with Crippen LogP contribution in [0.4, 0.5) is 14.9 Å². The van der Waals surface area contributed by atoms with Crippen LogP contribution >= 0.6 is 0 Å². The minimum atomic E-state index is -3.46. The molecule has 2 aromatic rings. The highest BCUT2D eigenvalue weighted by Crippen LogP contribution is 2.32. The van der Waals surface area contributed by atoms with Gasteiger partial charge in [0.15, 0.2) is 18.8 Å². The van der Waals surface area contributed by atoms with Crippen LogP contribution in [-0.2, 0) is 21.6 Å². The molecule has 9 nitrogen and oxygen atoms in total. The summed E-state index contributed by atoms with van der Waals surface area (Å²) in [6.07, 6.45) is 2.96. The predicted octanol–water partition coefficient (Wildman–Crippen LogP) is 2.55. The molecule has 11 heteroatoms. The summed E-state index contributed by atoms with van der Waals surface area (Å²) in [7, 11) is -0.478. The van der Waals surface area contributed by atoms with Crippen molar-refractivity contribution in [2.45, 2.75) is 25.4 Å². The maximum atomic E-state index is 14.6. The van der Waals surface area contributed by atoms with Crippen LogP contribution in [0, 0.1) is 5.82 Å². The van der Waals surface area contributed by atoms with E-state index in [1.807, 2.05) is 0 Å². The molecule has 2 heterocycles. The molecule has 158 valence electrons. The normalized spacial score (nSPS) is 16.1. The minimum Gasteiger partial charge on any atom is -0.445 e. The van der Waals surface area contributed by atoms with E-state index < -0.39 is 22.1 Å². The number of carbonyl (C=O) groups excluding carboxylic acids is 1. The van der Waals surface area contributed by atoms with Crippen LogP contribution < -0.4 is 5.32 Å². The second kappa shape index (κ2) is 8.89. The summed E-state index contributed by atoms with van der Waals surface area (Å²) in [4.78, 5) is 15.5. The molecule has 0 radical (unpaired) electrons. The average molecular weight is 426 g/mol. The Morgan fingerprint density at radius 2 is 2.10 bits per heavy atom. The van der Waals surface area contributed by atoms with Crippen molar-refractivity contribution in [2.75, 3.05) is 32.5 Å². The third-order valence-electron chi connectivity index (χ3n) is 4.76. The fraction of sp³-hybridized carbons (Fsp3) is 0.444. The van der Waals surface area contributed by atoms with Crippen molar-refractivity contribution in [3.63, 3.8) is 0 Å². The number of hydrogen-bond acceptors (Lipinski definition) is 6. The molecule has 0 spiro atoms. The van der Waals surface area contributed by atoms with E-state index in [1.54, 1.807) is 12.1 Å². The van der Waals surface area contributed by atoms with Gasteiger partial charge in [0.05, 0.1) is 6.20 Å². The van der Waals surface area contributed by atoms with Crippen LogP contribution in [0.5, 0.6) is 0 Å². The van der Waals surface area contributed by atoms with Crippen molar-refractivity contribution in [2.24, 2.45) is 0 Å². The van der Waals surface area contributed by atoms with Crippen LogP contribution in [0.1, 0.15) is 30.1 Å². The minimum absolute atomic E-state index is 0.0825. The number of benzene rings is 1. The van der Waals surface area contributed by atoms with E-state index in [9.17, 15) is 17.6 Å². The lowest BCUT2D eigenvalue weighted by atomic mass is 9.90. The van der Waals surface area contributed by atoms with Crippen molar-refractivity contribution in [1.82, 2.24) is 13.6 Å². The molecule has 1 aliphatic heterocycles. The van der Waals surface area contributed by atoms with E-state index in [1.165, 1.54) is 41.4 Å². The number of piperidine rings is 1. The number of oxazole rings is 1. The first-order chi connectivity index (χ1) is 13.8. The number of carbonyl (C=O) groups is 1. The summed E-state index contributed by atoms with van der Waals surface area (Å²) < 4.78 is 51.5. The molecule has 1 aromatic carbocycles. The fourth-order valence-electron chi connectivity index (χ4n) is 3.17. The first kappa shape index (κ1) is 21.2. The van der Waals surface area contributed by atoms with Gasteiger partial charge in [-0.2, -0.15) is 17.0 Å². The van der Waals surface area contributed by atoms with E-state index in [0.717, 1.165) is 0 Å². The molecule has 1 amide bonds. The summed E-state index contributed by atoms with van der Waals surface area (Å²) in [5.41, 5.74) is 0.772. The number of anilines is 1. The Morgan fingerprint density at radius 1 is 1.38 bits per heavy atom. The fourth-order valence-corrected chi connectivity index (χ4v) is 4.30. The van der Waals surface area contributed by atoms with Gasteiger partial charge in [0.25, 0.3) is 10.2 Å². The quantitative estimate of drug-likeness (QED) is 0.761. The molecule has 0 aliphatic carbocycles. The van der Waals surface area contributed by atoms with Gasteiger partial charge in [-0.15, -0.1) is 0 Å². The van der Waals surface area contributed by atoms with Gasteiger partial charge in [0.1, 0.15) is 5.82 Å². The largest absolute Gasteiger partial charge is 0.445 e. The highest BCUT2D eigenvalue weighted by atomic mass is 32.2. The third kappa shape index (κ3) is 5.11. The molecular weight excluding hydrogens is 403 g/mol. The molecular formula is C18H23FN4O5S. The van der Waals surface area contributed by atoms with Gasteiger partial charge in [-0.3, -0.25) is 5.32 Å². The highest BCUT2D eigenvalue weighted by molar-refractivity contribution is 7.86. The van der Waals surface area contributed by atoms with Crippen LogP contribution in [0.2, 0.25) is 0 Å². The van der Waals surface area contributed by atoms with Crippen LogP contribution in [-0.4, -0.2) is 55.3 Å². The van der Waals surface area contributed by atoms with Gasteiger partial charge in [0.2, 0.25) is 0 Å². The molecule has 0 saturated carbocycles. The average Bonchev–Trinajstić information content (AvgIpc) is 3.20. The lowest BCUT2D eigenvalue weighted by molar-refractivity contribution is 0.146. The maximum absolute atomic E-state index is 14.6. The Kier molecular flexibility index (Phi) is 6.50. The Balaban J connectivity index is 1.56. The number of ether oxygens (including phenoxy) is 1. The smallest absolute Gasteiger partial charge is 0.412 e. The maximum Gasteiger partial charge on any atom is 0.412 e. The standard InChI is InChI=1S/C18H23FN4O5S/c1-22(2)29(25,26)23-7-5-13(6-8-23)16-4-3-14(9-17(16)19)21-18(24)27-11-15-10-20-12-28-15/h3-4,9-10,12-13H,5-8,11H2,1-2H3,(H,21,24). The van der Waals surface area contributed by atoms with Crippen molar-refractivity contribution in [3.05, 3.63) is 47.9 Å². The Labute approximate surface area is 168 Å². The molecule has 1 fully saturated rings. The number of hydrogen-bond donors (Lipinski definition) is 1. The topological polar surface area (TPSA) is 105 Å². The number of halogens is 1. The molecule has 0 bridgehead atoms. The van der Waals surface area contributed by atoms with Crippen LogP contribution in [0.25, 0.3) is 0 Å². The molecule has 1 aliphatic rings. The summed E-state index contributed by atoms with van der Waals surface area (Å²) in [6.45, 7) is 0.581. The van der Waals surface area contributed by atoms with E-state index >= 15 is 0 Å². The summed E-state index contributed by atoms with van der Waals surface area (Å²) >= 11 is 0. The van der Waals surface area contributed by atoms with Gasteiger partial charge in [-0.25, -0.2) is 14.2 Å². The van der Waals surface area contributed by atoms with Crippen LogP contribution in [0.15, 0.2) is 35.2 Å². The lowest BCUT2D eigenvalue weighted by Crippen LogP contribution is -2.44. The number of amides is 1. The highest BCUT2D eigenvalue weighted by Gasteiger charge is 2.31. The lowest BCUT2D eigenvalue weighted by Gasteiger charge is -2.33. The first-order valence-electron chi connectivity index (χ1n) is 9.05. The first-order valence-corrected chi connectivity index (χ1v) is 10.4. The van der Waals surface area contributed by atoms with E-state index in [-0.39, 0.29) is 18.2 Å². The monoisotopic (exact) mass is 426 g/mol. The Hall–Kier alpha value is -2.50. The van der Waals surface area contributed by atoms with E-state index in [0.29, 0.717) is 37.3 Å². The predicted molar refractivity (Wildman–Crippen MR) is 103 cm³/mol. The number of nitrogens with zero attached hydrogens (tertiary/aromatic N) is 3. The molecule has 0 unspecified atom stereocenters. The number of aromatic nitrogens is 1. The number of nitrogens with one attached hydrogen (secondary N) is 1. The van der Waals surface area contributed by atoms with Gasteiger partial charge >= 0.3 is 6.09 Å². The van der Waals surface area contributed by atoms with E-state index in [2.05, 4.69) is 10.3 Å². The van der Waals surface area contributed by atoms with Gasteiger partial charge < -0.3 is 9.15 Å². The zero-order valence-electron chi connectivity index (χ0n) is 16.2. The van der Waals surface area contributed by atoms with Crippen molar-refractivity contribution < 1.29 is 26.8 Å². The Bertz CT molecular complexity index is 941. The van der Waals surface area contributed by atoms with Crippen molar-refractivity contribution in [1.29, 1.82) is 0 Å². The van der Waals surface area contributed by atoms with Crippen LogP contribution in [0.3, 0.4) is 0 Å². The van der Waals surface area contributed by atoms with Crippen molar-refractivity contribution >= 4 is 22.0 Å². The third-order valence-corrected chi connectivity index (χ3v) is 6.70. The molecule has 29 heavy (non-hydrogen) atoms. The molecule has 1 saturated heterocycles. The molecule has 3 rings (SSSR count). The van der Waals surface area contributed by atoms with Gasteiger partial charge in [-0.05, 0) is 36.5 Å². The summed E-state index contributed by atoms with van der Waals surface area (Å²) in [5.74, 6) is -0.146. The Morgan fingerprint density at radius 3 is 2.69 bits per heavy atom. The zero-order chi connectivity index (χ0) is 21.0. The number of rotatable bonds is 6. The summed E-state index contributed by atoms with van der Waals surface area (Å²) in [5, 5.41) is 2.46. The second-order valence-electron chi connectivity index (χ2n) is 6.87. The SMILES string of the molecule is CN(C)S(=O)(=O)N1CCC(c2ccc(NC(=O)OCc3cnco3)cc2F)CC1. The van der Waals surface area contributed by atoms with Gasteiger partial charge in [-0.1, -0.05) is 6.07 Å². The van der Waals surface area contributed by atoms with Gasteiger partial charge in [0, 0.05) is 32.9 Å². The zero-order valence-corrected chi connectivity index (χ0v) is 17.0. The molecule has 1 aromatic heterocycles. The van der Waals surface area contributed by atoms with E-state index in [4.69, 9.17) is 9.15 Å². The second-order valence-corrected chi connectivity index (χ2v) is 9.01. The molecule has 1 N–H and O–H groups in total. The summed E-state index contributed by atoms with van der Waals surface area (Å²) in [6, 6.07) is 4.44.